The number of hydrogen-bond donors (Lipinski definition) is 1. The smallest absolute Gasteiger partial charge is 0.115 e. The Hall–Kier alpha value is -1.02. The second-order valence-corrected chi connectivity index (χ2v) is 6.52. The van der Waals surface area contributed by atoms with Crippen molar-refractivity contribution in [3.8, 4) is 5.75 Å². The summed E-state index contributed by atoms with van der Waals surface area (Å²) in [6.07, 6.45) is 2.36. The molecule has 2 heteroatoms. The average molecular weight is 245 g/mol. The van der Waals surface area contributed by atoms with E-state index in [4.69, 9.17) is 0 Å². The van der Waals surface area contributed by atoms with Crippen LogP contribution in [0.2, 0.25) is 0 Å². The lowest BCUT2D eigenvalue weighted by molar-refractivity contribution is 0.197. The molecule has 0 radical (unpaired) electrons. The van der Waals surface area contributed by atoms with Gasteiger partial charge in [-0.2, -0.15) is 0 Å². The first-order valence-corrected chi connectivity index (χ1v) is 7.01. The molecule has 0 amide bonds. The van der Waals surface area contributed by atoms with E-state index in [0.717, 1.165) is 18.9 Å². The van der Waals surface area contributed by atoms with E-state index in [2.05, 4.69) is 31.9 Å². The molecule has 0 aromatic heterocycles. The topological polar surface area (TPSA) is 23.5 Å². The lowest BCUT2D eigenvalue weighted by atomic mass is 9.60. The summed E-state index contributed by atoms with van der Waals surface area (Å²) in [6.45, 7) is 7.15. The zero-order valence-electron chi connectivity index (χ0n) is 11.6. The van der Waals surface area contributed by atoms with Gasteiger partial charge in [0.1, 0.15) is 5.75 Å². The number of aromatic hydroxyl groups is 1. The van der Waals surface area contributed by atoms with E-state index >= 15 is 0 Å². The molecule has 0 spiro atoms. The van der Waals surface area contributed by atoms with Crippen LogP contribution in [0.4, 0.5) is 0 Å². The first-order valence-electron chi connectivity index (χ1n) is 7.01. The summed E-state index contributed by atoms with van der Waals surface area (Å²) in [5, 5.41) is 9.80. The molecule has 0 saturated carbocycles. The van der Waals surface area contributed by atoms with Crippen molar-refractivity contribution in [2.24, 2.45) is 11.8 Å². The fraction of sp³-hybridized carbons (Fsp3) is 0.625. The van der Waals surface area contributed by atoms with Crippen LogP contribution < -0.4 is 0 Å². The molecular weight excluding hydrogens is 222 g/mol. The SMILES string of the molecule is C[C@@H]1C2Cc3ccc(O)cc3C1(C)CCN(C)C2. The minimum atomic E-state index is 0.224. The molecule has 3 atom stereocenters. The van der Waals surface area contributed by atoms with Crippen molar-refractivity contribution in [3.05, 3.63) is 29.3 Å². The van der Waals surface area contributed by atoms with Gasteiger partial charge in [-0.05, 0) is 66.9 Å². The largest absolute Gasteiger partial charge is 0.508 e. The summed E-state index contributed by atoms with van der Waals surface area (Å²) in [4.78, 5) is 2.47. The Bertz CT molecular complexity index is 470. The zero-order valence-corrected chi connectivity index (χ0v) is 11.6. The molecule has 2 bridgehead atoms. The highest BCUT2D eigenvalue weighted by Crippen LogP contribution is 2.48. The van der Waals surface area contributed by atoms with Crippen LogP contribution in [0.3, 0.4) is 0 Å². The fourth-order valence-corrected chi connectivity index (χ4v) is 4.00. The molecular formula is C16H23NO. The Morgan fingerprint density at radius 1 is 1.39 bits per heavy atom. The van der Waals surface area contributed by atoms with Crippen molar-refractivity contribution >= 4 is 0 Å². The van der Waals surface area contributed by atoms with Gasteiger partial charge < -0.3 is 10.0 Å². The molecule has 1 N–H and O–H groups in total. The highest BCUT2D eigenvalue weighted by Gasteiger charge is 2.44. The number of phenols is 1. The molecule has 1 saturated heterocycles. The predicted molar refractivity (Wildman–Crippen MR) is 73.9 cm³/mol. The number of rotatable bonds is 0. The number of likely N-dealkylation sites (tertiary alicyclic amines) is 1. The second kappa shape index (κ2) is 3.99. The molecule has 1 aliphatic heterocycles. The van der Waals surface area contributed by atoms with Crippen LogP contribution in [-0.2, 0) is 11.8 Å². The van der Waals surface area contributed by atoms with Gasteiger partial charge in [0.05, 0.1) is 0 Å². The third-order valence-electron chi connectivity index (χ3n) is 5.46. The van der Waals surface area contributed by atoms with Crippen LogP contribution in [-0.4, -0.2) is 30.1 Å². The van der Waals surface area contributed by atoms with E-state index in [-0.39, 0.29) is 5.41 Å². The molecule has 1 heterocycles. The Morgan fingerprint density at radius 2 is 2.17 bits per heavy atom. The van der Waals surface area contributed by atoms with Gasteiger partial charge in [-0.1, -0.05) is 19.9 Å². The third-order valence-corrected chi connectivity index (χ3v) is 5.46. The third kappa shape index (κ3) is 1.66. The molecule has 98 valence electrons. The zero-order chi connectivity index (χ0) is 12.9. The number of benzene rings is 1. The van der Waals surface area contributed by atoms with Crippen molar-refractivity contribution in [3.63, 3.8) is 0 Å². The summed E-state index contributed by atoms with van der Waals surface area (Å²) in [5.41, 5.74) is 3.07. The maximum absolute atomic E-state index is 9.80. The first kappa shape index (κ1) is 12.0. The van der Waals surface area contributed by atoms with Crippen LogP contribution in [0.5, 0.6) is 5.75 Å². The maximum Gasteiger partial charge on any atom is 0.115 e. The van der Waals surface area contributed by atoms with Gasteiger partial charge in [-0.3, -0.25) is 0 Å². The molecule has 1 aromatic rings. The van der Waals surface area contributed by atoms with Crippen molar-refractivity contribution < 1.29 is 5.11 Å². The molecule has 18 heavy (non-hydrogen) atoms. The van der Waals surface area contributed by atoms with Crippen molar-refractivity contribution in [2.75, 3.05) is 20.1 Å². The summed E-state index contributed by atoms with van der Waals surface area (Å²) >= 11 is 0. The maximum atomic E-state index is 9.80. The van der Waals surface area contributed by atoms with Crippen LogP contribution in [0.1, 0.15) is 31.4 Å². The molecule has 2 aliphatic rings. The second-order valence-electron chi connectivity index (χ2n) is 6.52. The van der Waals surface area contributed by atoms with Gasteiger partial charge in [-0.25, -0.2) is 0 Å². The monoisotopic (exact) mass is 245 g/mol. The van der Waals surface area contributed by atoms with Crippen LogP contribution in [0.15, 0.2) is 18.2 Å². The van der Waals surface area contributed by atoms with Crippen molar-refractivity contribution in [1.29, 1.82) is 0 Å². The molecule has 2 nitrogen and oxygen atoms in total. The summed E-state index contributed by atoms with van der Waals surface area (Å²) < 4.78 is 0. The first-order chi connectivity index (χ1) is 8.50. The Balaban J connectivity index is 2.13. The Morgan fingerprint density at radius 3 is 2.94 bits per heavy atom. The summed E-state index contributed by atoms with van der Waals surface area (Å²) in [6, 6.07) is 5.98. The number of hydrogen-bond acceptors (Lipinski definition) is 2. The molecule has 3 rings (SSSR count). The van der Waals surface area contributed by atoms with Gasteiger partial charge in [-0.15, -0.1) is 0 Å². The standard InChI is InChI=1S/C16H23NO/c1-11-13-8-12-4-5-14(18)9-15(12)16(11,2)6-7-17(3)10-13/h4-5,9,11,13,18H,6-8,10H2,1-3H3/t11-,13?,16?/m1/s1. The number of fused-ring (bicyclic) bond motifs is 4. The van der Waals surface area contributed by atoms with Crippen LogP contribution in [0.25, 0.3) is 0 Å². The number of phenolic OH excluding ortho intramolecular Hbond substituents is 1. The minimum absolute atomic E-state index is 0.224. The van der Waals surface area contributed by atoms with E-state index in [9.17, 15) is 5.11 Å². The number of nitrogens with zero attached hydrogens (tertiary/aromatic N) is 1. The van der Waals surface area contributed by atoms with E-state index in [1.807, 2.05) is 12.1 Å². The molecule has 1 aliphatic carbocycles. The highest BCUT2D eigenvalue weighted by molar-refractivity contribution is 5.43. The minimum Gasteiger partial charge on any atom is -0.508 e. The van der Waals surface area contributed by atoms with Crippen molar-refractivity contribution in [2.45, 2.75) is 32.1 Å². The van der Waals surface area contributed by atoms with E-state index in [1.54, 1.807) is 0 Å². The van der Waals surface area contributed by atoms with Crippen LogP contribution in [0, 0.1) is 11.8 Å². The highest BCUT2D eigenvalue weighted by atomic mass is 16.3. The quantitative estimate of drug-likeness (QED) is 0.759. The lowest BCUT2D eigenvalue weighted by Crippen LogP contribution is -2.41. The van der Waals surface area contributed by atoms with Crippen molar-refractivity contribution in [1.82, 2.24) is 4.90 Å². The van der Waals surface area contributed by atoms with Gasteiger partial charge in [0, 0.05) is 6.54 Å². The molecule has 1 fully saturated rings. The van der Waals surface area contributed by atoms with Gasteiger partial charge in [0.15, 0.2) is 0 Å². The predicted octanol–water partition coefficient (Wildman–Crippen LogP) is 2.79. The summed E-state index contributed by atoms with van der Waals surface area (Å²) in [5.74, 6) is 1.86. The fourth-order valence-electron chi connectivity index (χ4n) is 4.00. The Labute approximate surface area is 110 Å². The average Bonchev–Trinajstić information content (AvgIpc) is 2.41. The molecule has 1 aromatic carbocycles. The van der Waals surface area contributed by atoms with Gasteiger partial charge in [0.25, 0.3) is 0 Å². The Kier molecular flexibility index (Phi) is 2.67. The van der Waals surface area contributed by atoms with Gasteiger partial charge >= 0.3 is 0 Å². The molecule has 2 unspecified atom stereocenters. The van der Waals surface area contributed by atoms with E-state index in [0.29, 0.717) is 11.7 Å². The van der Waals surface area contributed by atoms with Crippen LogP contribution >= 0.6 is 0 Å². The van der Waals surface area contributed by atoms with E-state index < -0.39 is 0 Å². The lowest BCUT2D eigenvalue weighted by Gasteiger charge is -2.44. The normalized spacial score (nSPS) is 35.9. The summed E-state index contributed by atoms with van der Waals surface area (Å²) in [7, 11) is 2.24. The van der Waals surface area contributed by atoms with Gasteiger partial charge in [0.2, 0.25) is 0 Å². The van der Waals surface area contributed by atoms with E-state index in [1.165, 1.54) is 24.1 Å².